The molecule has 1 aliphatic rings. The molecule has 3 rings (SSSR count). The van der Waals surface area contributed by atoms with Gasteiger partial charge in [-0.3, -0.25) is 4.79 Å². The predicted molar refractivity (Wildman–Crippen MR) is 100 cm³/mol. The summed E-state index contributed by atoms with van der Waals surface area (Å²) in [6.45, 7) is 4.17. The average Bonchev–Trinajstić information content (AvgIpc) is 2.64. The minimum absolute atomic E-state index is 0.0395. The highest BCUT2D eigenvalue weighted by Gasteiger charge is 2.15. The van der Waals surface area contributed by atoms with Gasteiger partial charge in [-0.25, -0.2) is 5.43 Å². The summed E-state index contributed by atoms with van der Waals surface area (Å²) in [4.78, 5) is 12.1. The van der Waals surface area contributed by atoms with Gasteiger partial charge in [-0.1, -0.05) is 56.3 Å². The fourth-order valence-corrected chi connectivity index (χ4v) is 3.11. The Morgan fingerprint density at radius 1 is 1.12 bits per heavy atom. The number of para-hydroxylation sites is 1. The number of hydrazone groups is 1. The van der Waals surface area contributed by atoms with Crippen LogP contribution < -0.4 is 10.2 Å². The third kappa shape index (κ3) is 4.27. The van der Waals surface area contributed by atoms with Crippen LogP contribution in [0.1, 0.15) is 49.3 Å². The van der Waals surface area contributed by atoms with Crippen molar-refractivity contribution in [2.24, 2.45) is 5.10 Å². The van der Waals surface area contributed by atoms with Crippen LogP contribution in [0.25, 0.3) is 0 Å². The molecule has 0 spiro atoms. The van der Waals surface area contributed by atoms with Crippen molar-refractivity contribution in [3.8, 4) is 5.75 Å². The third-order valence-corrected chi connectivity index (χ3v) is 4.40. The first kappa shape index (κ1) is 17.2. The molecule has 0 radical (unpaired) electrons. The number of nitrogens with zero attached hydrogens (tertiary/aromatic N) is 1. The molecule has 2 aromatic carbocycles. The first-order chi connectivity index (χ1) is 12.1. The lowest BCUT2D eigenvalue weighted by molar-refractivity contribution is -0.123. The molecule has 0 saturated heterocycles. The highest BCUT2D eigenvalue weighted by atomic mass is 16.5. The standard InChI is InChI=1S/C21H24N2O2/c1-15(2)17-10-5-6-13-20(17)25-14-21(24)23-22-19-12-7-9-16-8-3-4-11-18(16)19/h3-6,8,10-11,13,15H,7,9,12,14H2,1-2H3,(H,23,24)/b22-19+. The zero-order chi connectivity index (χ0) is 17.6. The van der Waals surface area contributed by atoms with E-state index in [0.717, 1.165) is 41.9 Å². The van der Waals surface area contributed by atoms with Crippen LogP contribution >= 0.6 is 0 Å². The van der Waals surface area contributed by atoms with Gasteiger partial charge in [-0.2, -0.15) is 5.10 Å². The maximum absolute atomic E-state index is 12.1. The normalized spacial score (nSPS) is 15.1. The Kier molecular flexibility index (Phi) is 5.49. The van der Waals surface area contributed by atoms with Gasteiger partial charge in [0.25, 0.3) is 5.91 Å². The highest BCUT2D eigenvalue weighted by molar-refractivity contribution is 6.03. The Hall–Kier alpha value is -2.62. The molecule has 0 saturated carbocycles. The smallest absolute Gasteiger partial charge is 0.277 e. The summed E-state index contributed by atoms with van der Waals surface area (Å²) in [6, 6.07) is 16.1. The number of hydrogen-bond acceptors (Lipinski definition) is 3. The van der Waals surface area contributed by atoms with Crippen LogP contribution in [0.5, 0.6) is 5.75 Å². The van der Waals surface area contributed by atoms with E-state index in [1.807, 2.05) is 36.4 Å². The lowest BCUT2D eigenvalue weighted by Crippen LogP contribution is -2.27. The van der Waals surface area contributed by atoms with Gasteiger partial charge in [0.05, 0.1) is 5.71 Å². The quantitative estimate of drug-likeness (QED) is 0.838. The van der Waals surface area contributed by atoms with Crippen LogP contribution in [0.2, 0.25) is 0 Å². The summed E-state index contributed by atoms with van der Waals surface area (Å²) in [5.41, 5.74) is 7.11. The SMILES string of the molecule is CC(C)c1ccccc1OCC(=O)N/N=C1\CCCc2ccccc21. The fourth-order valence-electron chi connectivity index (χ4n) is 3.11. The third-order valence-electron chi connectivity index (χ3n) is 4.40. The van der Waals surface area contributed by atoms with Crippen LogP contribution in [0.4, 0.5) is 0 Å². The van der Waals surface area contributed by atoms with E-state index in [1.54, 1.807) is 0 Å². The Labute approximate surface area is 148 Å². The summed E-state index contributed by atoms with van der Waals surface area (Å²) in [5.74, 6) is 0.857. The van der Waals surface area contributed by atoms with Crippen LogP contribution in [0.3, 0.4) is 0 Å². The summed E-state index contributed by atoms with van der Waals surface area (Å²) in [7, 11) is 0. The van der Waals surface area contributed by atoms with Crippen molar-refractivity contribution >= 4 is 11.6 Å². The summed E-state index contributed by atoms with van der Waals surface area (Å²) in [6.07, 6.45) is 3.01. The van der Waals surface area contributed by atoms with E-state index < -0.39 is 0 Å². The molecule has 130 valence electrons. The van der Waals surface area contributed by atoms with E-state index >= 15 is 0 Å². The van der Waals surface area contributed by atoms with Crippen molar-refractivity contribution < 1.29 is 9.53 Å². The zero-order valence-corrected chi connectivity index (χ0v) is 14.8. The fraction of sp³-hybridized carbons (Fsp3) is 0.333. The predicted octanol–water partition coefficient (Wildman–Crippen LogP) is 4.05. The van der Waals surface area contributed by atoms with Gasteiger partial charge in [0.2, 0.25) is 0 Å². The maximum Gasteiger partial charge on any atom is 0.277 e. The second-order valence-electron chi connectivity index (χ2n) is 6.59. The average molecular weight is 336 g/mol. The zero-order valence-electron chi connectivity index (χ0n) is 14.8. The molecule has 2 aromatic rings. The molecule has 0 atom stereocenters. The van der Waals surface area contributed by atoms with Crippen LogP contribution in [-0.4, -0.2) is 18.2 Å². The van der Waals surface area contributed by atoms with Crippen molar-refractivity contribution in [3.63, 3.8) is 0 Å². The molecule has 0 heterocycles. The van der Waals surface area contributed by atoms with Gasteiger partial charge in [-0.05, 0) is 42.4 Å². The minimum atomic E-state index is -0.242. The second kappa shape index (κ2) is 7.97. The van der Waals surface area contributed by atoms with Gasteiger partial charge in [0.1, 0.15) is 5.75 Å². The van der Waals surface area contributed by atoms with E-state index in [4.69, 9.17) is 4.74 Å². The van der Waals surface area contributed by atoms with Gasteiger partial charge < -0.3 is 4.74 Å². The molecule has 4 nitrogen and oxygen atoms in total. The second-order valence-corrected chi connectivity index (χ2v) is 6.59. The van der Waals surface area contributed by atoms with Crippen molar-refractivity contribution in [1.29, 1.82) is 0 Å². The van der Waals surface area contributed by atoms with Gasteiger partial charge in [0, 0.05) is 5.56 Å². The molecule has 1 N–H and O–H groups in total. The number of carbonyl (C=O) groups is 1. The number of carbonyl (C=O) groups excluding carboxylic acids is 1. The summed E-state index contributed by atoms with van der Waals surface area (Å²) >= 11 is 0. The number of amides is 1. The molecule has 4 heteroatoms. The molecule has 0 unspecified atom stereocenters. The number of benzene rings is 2. The molecule has 1 amide bonds. The van der Waals surface area contributed by atoms with Crippen molar-refractivity contribution in [2.75, 3.05) is 6.61 Å². The van der Waals surface area contributed by atoms with E-state index in [9.17, 15) is 4.79 Å². The van der Waals surface area contributed by atoms with Crippen LogP contribution in [0, 0.1) is 0 Å². The topological polar surface area (TPSA) is 50.7 Å². The van der Waals surface area contributed by atoms with Crippen LogP contribution in [-0.2, 0) is 11.2 Å². The number of nitrogens with one attached hydrogen (secondary N) is 1. The monoisotopic (exact) mass is 336 g/mol. The minimum Gasteiger partial charge on any atom is -0.483 e. The molecular weight excluding hydrogens is 312 g/mol. The molecular formula is C21H24N2O2. The molecule has 25 heavy (non-hydrogen) atoms. The highest BCUT2D eigenvalue weighted by Crippen LogP contribution is 2.25. The molecule has 0 aliphatic heterocycles. The van der Waals surface area contributed by atoms with Crippen LogP contribution in [0.15, 0.2) is 53.6 Å². The molecule has 1 aliphatic carbocycles. The number of aryl methyl sites for hydroxylation is 1. The number of hydrogen-bond donors (Lipinski definition) is 1. The summed E-state index contributed by atoms with van der Waals surface area (Å²) < 4.78 is 5.69. The summed E-state index contributed by atoms with van der Waals surface area (Å²) in [5, 5.41) is 4.33. The van der Waals surface area contributed by atoms with E-state index in [-0.39, 0.29) is 12.5 Å². The van der Waals surface area contributed by atoms with E-state index in [0.29, 0.717) is 5.92 Å². The number of rotatable bonds is 5. The van der Waals surface area contributed by atoms with Gasteiger partial charge in [-0.15, -0.1) is 0 Å². The lowest BCUT2D eigenvalue weighted by atomic mass is 9.90. The van der Waals surface area contributed by atoms with Gasteiger partial charge in [0.15, 0.2) is 6.61 Å². The Bertz CT molecular complexity index is 781. The number of fused-ring (bicyclic) bond motifs is 1. The first-order valence-corrected chi connectivity index (χ1v) is 8.80. The number of ether oxygens (including phenoxy) is 1. The molecule has 0 aromatic heterocycles. The first-order valence-electron chi connectivity index (χ1n) is 8.80. The van der Waals surface area contributed by atoms with Crippen molar-refractivity contribution in [3.05, 3.63) is 65.2 Å². The Morgan fingerprint density at radius 3 is 2.72 bits per heavy atom. The van der Waals surface area contributed by atoms with E-state index in [2.05, 4.69) is 36.5 Å². The Balaban J connectivity index is 1.61. The molecule has 0 bridgehead atoms. The van der Waals surface area contributed by atoms with E-state index in [1.165, 1.54) is 5.56 Å². The van der Waals surface area contributed by atoms with Crippen molar-refractivity contribution in [2.45, 2.75) is 39.0 Å². The largest absolute Gasteiger partial charge is 0.483 e. The van der Waals surface area contributed by atoms with Crippen molar-refractivity contribution in [1.82, 2.24) is 5.43 Å². The maximum atomic E-state index is 12.1. The Morgan fingerprint density at radius 2 is 1.88 bits per heavy atom. The van der Waals surface area contributed by atoms with Gasteiger partial charge >= 0.3 is 0 Å². The lowest BCUT2D eigenvalue weighted by Gasteiger charge is -2.17. The molecule has 0 fully saturated rings.